The quantitative estimate of drug-likeness (QED) is 0.914. The predicted octanol–water partition coefficient (Wildman–Crippen LogP) is 2.99. The van der Waals surface area contributed by atoms with Crippen molar-refractivity contribution in [3.8, 4) is 0 Å². The Labute approximate surface area is 114 Å². The van der Waals surface area contributed by atoms with Gasteiger partial charge in [0.05, 0.1) is 11.2 Å². The van der Waals surface area contributed by atoms with Crippen LogP contribution in [-0.4, -0.2) is 36.6 Å². The van der Waals surface area contributed by atoms with Crippen LogP contribution in [-0.2, 0) is 0 Å². The van der Waals surface area contributed by atoms with Gasteiger partial charge in [-0.3, -0.25) is 4.98 Å². The van der Waals surface area contributed by atoms with Crippen LogP contribution in [0.3, 0.4) is 0 Å². The summed E-state index contributed by atoms with van der Waals surface area (Å²) < 4.78 is 0. The Morgan fingerprint density at radius 1 is 1.21 bits per heavy atom. The number of aromatic nitrogens is 1. The fraction of sp³-hybridized carbons (Fsp3) is 0.438. The molecule has 0 bridgehead atoms. The van der Waals surface area contributed by atoms with Crippen molar-refractivity contribution in [1.29, 1.82) is 0 Å². The Bertz CT molecular complexity index is 539. The SMILES string of the molecule is CN1CCC(CNc2cccc3cccnc23)CC1. The Morgan fingerprint density at radius 3 is 2.84 bits per heavy atom. The first kappa shape index (κ1) is 12.4. The minimum absolute atomic E-state index is 0.787. The molecule has 0 aliphatic carbocycles. The molecule has 100 valence electrons. The van der Waals surface area contributed by atoms with Crippen LogP contribution in [0.25, 0.3) is 10.9 Å². The zero-order valence-corrected chi connectivity index (χ0v) is 11.5. The van der Waals surface area contributed by atoms with Crippen molar-refractivity contribution in [2.45, 2.75) is 12.8 Å². The lowest BCUT2D eigenvalue weighted by atomic mass is 9.97. The third-order valence-corrected chi connectivity index (χ3v) is 4.05. The zero-order chi connectivity index (χ0) is 13.1. The number of rotatable bonds is 3. The van der Waals surface area contributed by atoms with Gasteiger partial charge in [0.1, 0.15) is 0 Å². The van der Waals surface area contributed by atoms with Crippen LogP contribution in [0.4, 0.5) is 5.69 Å². The van der Waals surface area contributed by atoms with E-state index in [1.54, 1.807) is 0 Å². The monoisotopic (exact) mass is 255 g/mol. The Morgan fingerprint density at radius 2 is 2.00 bits per heavy atom. The van der Waals surface area contributed by atoms with E-state index < -0.39 is 0 Å². The average molecular weight is 255 g/mol. The highest BCUT2D eigenvalue weighted by molar-refractivity contribution is 5.90. The second-order valence-corrected chi connectivity index (χ2v) is 5.51. The maximum atomic E-state index is 4.49. The van der Waals surface area contributed by atoms with Crippen molar-refractivity contribution in [1.82, 2.24) is 9.88 Å². The van der Waals surface area contributed by atoms with Crippen LogP contribution in [0.5, 0.6) is 0 Å². The minimum atomic E-state index is 0.787. The molecule has 1 fully saturated rings. The summed E-state index contributed by atoms with van der Waals surface area (Å²) in [6, 6.07) is 10.4. The summed E-state index contributed by atoms with van der Waals surface area (Å²) in [5, 5.41) is 4.80. The fourth-order valence-electron chi connectivity index (χ4n) is 2.77. The number of nitrogens with one attached hydrogen (secondary N) is 1. The van der Waals surface area contributed by atoms with E-state index in [0.29, 0.717) is 0 Å². The van der Waals surface area contributed by atoms with E-state index in [4.69, 9.17) is 0 Å². The Balaban J connectivity index is 1.68. The zero-order valence-electron chi connectivity index (χ0n) is 11.5. The first-order valence-corrected chi connectivity index (χ1v) is 7.09. The standard InChI is InChI=1S/C16H21N3/c1-19-10-7-13(8-11-19)12-18-15-6-2-4-14-5-3-9-17-16(14)15/h2-6,9,13,18H,7-8,10-12H2,1H3. The molecule has 3 nitrogen and oxygen atoms in total. The van der Waals surface area contributed by atoms with Crippen molar-refractivity contribution < 1.29 is 0 Å². The molecular formula is C16H21N3. The molecule has 0 spiro atoms. The number of nitrogens with zero attached hydrogens (tertiary/aromatic N) is 2. The van der Waals surface area contributed by atoms with E-state index in [0.717, 1.165) is 23.7 Å². The molecule has 1 saturated heterocycles. The lowest BCUT2D eigenvalue weighted by Gasteiger charge is -2.29. The van der Waals surface area contributed by atoms with Crippen LogP contribution < -0.4 is 5.32 Å². The third kappa shape index (κ3) is 2.87. The molecule has 3 rings (SSSR count). The van der Waals surface area contributed by atoms with Gasteiger partial charge in [-0.25, -0.2) is 0 Å². The Hall–Kier alpha value is -1.61. The van der Waals surface area contributed by atoms with E-state index in [9.17, 15) is 0 Å². The molecule has 1 aliphatic heterocycles. The van der Waals surface area contributed by atoms with Gasteiger partial charge in [0.25, 0.3) is 0 Å². The fourth-order valence-corrected chi connectivity index (χ4v) is 2.77. The van der Waals surface area contributed by atoms with Crippen LogP contribution in [0.1, 0.15) is 12.8 Å². The summed E-state index contributed by atoms with van der Waals surface area (Å²) in [4.78, 5) is 6.90. The van der Waals surface area contributed by atoms with Gasteiger partial charge in [0.2, 0.25) is 0 Å². The van der Waals surface area contributed by atoms with Gasteiger partial charge in [0.15, 0.2) is 0 Å². The van der Waals surface area contributed by atoms with Gasteiger partial charge in [-0.2, -0.15) is 0 Å². The number of hydrogen-bond donors (Lipinski definition) is 1. The lowest BCUT2D eigenvalue weighted by Crippen LogP contribution is -2.32. The molecule has 1 N–H and O–H groups in total. The lowest BCUT2D eigenvalue weighted by molar-refractivity contribution is 0.226. The maximum Gasteiger partial charge on any atom is 0.0933 e. The molecule has 2 heterocycles. The van der Waals surface area contributed by atoms with Crippen LogP contribution in [0.2, 0.25) is 0 Å². The third-order valence-electron chi connectivity index (χ3n) is 4.05. The van der Waals surface area contributed by atoms with Gasteiger partial charge >= 0.3 is 0 Å². The molecule has 3 heteroatoms. The second-order valence-electron chi connectivity index (χ2n) is 5.51. The molecule has 0 atom stereocenters. The number of para-hydroxylation sites is 1. The van der Waals surface area contributed by atoms with Crippen LogP contribution in [0, 0.1) is 5.92 Å². The largest absolute Gasteiger partial charge is 0.383 e. The highest BCUT2D eigenvalue weighted by Gasteiger charge is 2.16. The molecule has 1 aromatic carbocycles. The number of hydrogen-bond acceptors (Lipinski definition) is 3. The molecular weight excluding hydrogens is 234 g/mol. The van der Waals surface area contributed by atoms with Crippen molar-refractivity contribution in [3.63, 3.8) is 0 Å². The van der Waals surface area contributed by atoms with E-state index in [2.05, 4.69) is 46.5 Å². The Kier molecular flexibility index (Phi) is 3.65. The predicted molar refractivity (Wildman–Crippen MR) is 80.5 cm³/mol. The molecule has 1 aromatic heterocycles. The number of fused-ring (bicyclic) bond motifs is 1. The highest BCUT2D eigenvalue weighted by atomic mass is 15.1. The number of anilines is 1. The summed E-state index contributed by atoms with van der Waals surface area (Å²) in [6.07, 6.45) is 4.45. The topological polar surface area (TPSA) is 28.2 Å². The summed E-state index contributed by atoms with van der Waals surface area (Å²) in [7, 11) is 2.21. The van der Waals surface area contributed by atoms with E-state index in [-0.39, 0.29) is 0 Å². The first-order valence-electron chi connectivity index (χ1n) is 7.09. The van der Waals surface area contributed by atoms with Gasteiger partial charge in [-0.05, 0) is 51.0 Å². The van der Waals surface area contributed by atoms with Crippen LogP contribution >= 0.6 is 0 Å². The maximum absolute atomic E-state index is 4.49. The van der Waals surface area contributed by atoms with Crippen molar-refractivity contribution >= 4 is 16.6 Å². The van der Waals surface area contributed by atoms with Crippen molar-refractivity contribution in [3.05, 3.63) is 36.5 Å². The molecule has 19 heavy (non-hydrogen) atoms. The number of piperidine rings is 1. The molecule has 0 unspecified atom stereocenters. The van der Waals surface area contributed by atoms with Gasteiger partial charge < -0.3 is 10.2 Å². The van der Waals surface area contributed by atoms with Gasteiger partial charge in [0, 0.05) is 18.1 Å². The summed E-state index contributed by atoms with van der Waals surface area (Å²) in [5.41, 5.74) is 2.25. The molecule has 0 amide bonds. The number of likely N-dealkylation sites (tertiary alicyclic amines) is 1. The smallest absolute Gasteiger partial charge is 0.0933 e. The van der Waals surface area contributed by atoms with Crippen molar-refractivity contribution in [2.24, 2.45) is 5.92 Å². The van der Waals surface area contributed by atoms with Crippen LogP contribution in [0.15, 0.2) is 36.5 Å². The minimum Gasteiger partial charge on any atom is -0.383 e. The van der Waals surface area contributed by atoms with E-state index in [1.807, 2.05) is 12.3 Å². The molecule has 2 aromatic rings. The summed E-state index contributed by atoms with van der Waals surface area (Å²) >= 11 is 0. The molecule has 0 radical (unpaired) electrons. The molecule has 0 saturated carbocycles. The van der Waals surface area contributed by atoms with E-state index in [1.165, 1.54) is 31.3 Å². The normalized spacial score (nSPS) is 17.7. The summed E-state index contributed by atoms with van der Waals surface area (Å²) in [6.45, 7) is 3.50. The summed E-state index contributed by atoms with van der Waals surface area (Å²) in [5.74, 6) is 0.787. The second kappa shape index (κ2) is 5.57. The number of pyridine rings is 1. The van der Waals surface area contributed by atoms with E-state index >= 15 is 0 Å². The van der Waals surface area contributed by atoms with Gasteiger partial charge in [-0.15, -0.1) is 0 Å². The average Bonchev–Trinajstić information content (AvgIpc) is 2.47. The first-order chi connectivity index (χ1) is 9.33. The molecule has 1 aliphatic rings. The van der Waals surface area contributed by atoms with Crippen molar-refractivity contribution in [2.75, 3.05) is 32.0 Å². The van der Waals surface area contributed by atoms with Gasteiger partial charge in [-0.1, -0.05) is 18.2 Å². The number of benzene rings is 1. The highest BCUT2D eigenvalue weighted by Crippen LogP contribution is 2.22.